The molecule has 2 rings (SSSR count). The van der Waals surface area contributed by atoms with E-state index >= 15 is 0 Å². The summed E-state index contributed by atoms with van der Waals surface area (Å²) in [7, 11) is 0. The highest BCUT2D eigenvalue weighted by atomic mass is 79.9. The lowest BCUT2D eigenvalue weighted by Gasteiger charge is -2.09. The van der Waals surface area contributed by atoms with Crippen molar-refractivity contribution in [2.24, 2.45) is 0 Å². The van der Waals surface area contributed by atoms with Crippen LogP contribution in [0.4, 0.5) is 4.39 Å². The number of benzene rings is 2. The molecule has 1 N–H and O–H groups in total. The number of ether oxygens (including phenoxy) is 1. The molecule has 104 valence electrons. The number of hydrogen-bond donors (Lipinski definition) is 1. The van der Waals surface area contributed by atoms with Gasteiger partial charge >= 0.3 is 5.97 Å². The first-order chi connectivity index (χ1) is 9.49. The van der Waals surface area contributed by atoms with E-state index in [4.69, 9.17) is 21.4 Å². The zero-order chi connectivity index (χ0) is 14.7. The summed E-state index contributed by atoms with van der Waals surface area (Å²) in [6.45, 7) is 0.0950. The molecule has 0 aliphatic carbocycles. The Morgan fingerprint density at radius 3 is 2.75 bits per heavy atom. The predicted octanol–water partition coefficient (Wildman–Crippen LogP) is 4.52. The Morgan fingerprint density at radius 2 is 2.10 bits per heavy atom. The molecule has 0 saturated heterocycles. The van der Waals surface area contributed by atoms with Gasteiger partial charge in [-0.25, -0.2) is 9.18 Å². The lowest BCUT2D eigenvalue weighted by Crippen LogP contribution is -2.01. The maximum absolute atomic E-state index is 13.6. The van der Waals surface area contributed by atoms with Crippen molar-refractivity contribution in [2.45, 2.75) is 6.61 Å². The Labute approximate surface area is 128 Å². The van der Waals surface area contributed by atoms with Gasteiger partial charge in [-0.05, 0) is 24.3 Å². The first kappa shape index (κ1) is 14.8. The van der Waals surface area contributed by atoms with Gasteiger partial charge in [-0.1, -0.05) is 39.7 Å². The van der Waals surface area contributed by atoms with Crippen LogP contribution in [0.15, 0.2) is 40.9 Å². The van der Waals surface area contributed by atoms with Gasteiger partial charge in [0.15, 0.2) is 11.6 Å². The fourth-order valence-corrected chi connectivity index (χ4v) is 2.21. The molecule has 0 aromatic heterocycles. The lowest BCUT2D eigenvalue weighted by molar-refractivity contribution is 0.0696. The summed E-state index contributed by atoms with van der Waals surface area (Å²) in [5, 5.41) is 8.85. The van der Waals surface area contributed by atoms with E-state index in [1.165, 1.54) is 24.3 Å². The predicted molar refractivity (Wildman–Crippen MR) is 76.8 cm³/mol. The van der Waals surface area contributed by atoms with Crippen LogP contribution in [0.3, 0.4) is 0 Å². The molecule has 0 aliphatic rings. The van der Waals surface area contributed by atoms with E-state index < -0.39 is 11.8 Å². The molecule has 2 aromatic carbocycles. The molecule has 2 aromatic rings. The van der Waals surface area contributed by atoms with E-state index in [0.717, 1.165) is 0 Å². The smallest absolute Gasteiger partial charge is 0.335 e. The third-order valence-corrected chi connectivity index (χ3v) is 3.63. The normalized spacial score (nSPS) is 10.3. The third-order valence-electron chi connectivity index (χ3n) is 2.60. The van der Waals surface area contributed by atoms with Crippen molar-refractivity contribution < 1.29 is 19.0 Å². The fourth-order valence-electron chi connectivity index (χ4n) is 1.55. The van der Waals surface area contributed by atoms with E-state index in [2.05, 4.69) is 15.9 Å². The quantitative estimate of drug-likeness (QED) is 0.873. The van der Waals surface area contributed by atoms with Gasteiger partial charge in [0.05, 0.1) is 10.6 Å². The highest BCUT2D eigenvalue weighted by Crippen LogP contribution is 2.26. The fraction of sp³-hybridized carbons (Fsp3) is 0.0714. The van der Waals surface area contributed by atoms with E-state index in [0.29, 0.717) is 10.0 Å². The van der Waals surface area contributed by atoms with Crippen molar-refractivity contribution in [3.63, 3.8) is 0 Å². The second-order valence-electron chi connectivity index (χ2n) is 3.95. The van der Waals surface area contributed by atoms with Crippen molar-refractivity contribution >= 4 is 33.5 Å². The molecule has 0 atom stereocenters. The number of rotatable bonds is 4. The van der Waals surface area contributed by atoms with E-state index in [9.17, 15) is 9.18 Å². The first-order valence-corrected chi connectivity index (χ1v) is 6.74. The molecule has 0 unspecified atom stereocenters. The summed E-state index contributed by atoms with van der Waals surface area (Å²) < 4.78 is 19.6. The molecule has 0 heterocycles. The third kappa shape index (κ3) is 3.29. The Bertz CT molecular complexity index is 661. The Balaban J connectivity index is 2.15. The van der Waals surface area contributed by atoms with Crippen LogP contribution in [0.5, 0.6) is 5.75 Å². The zero-order valence-corrected chi connectivity index (χ0v) is 12.4. The first-order valence-electron chi connectivity index (χ1n) is 5.57. The van der Waals surface area contributed by atoms with Gasteiger partial charge in [0.1, 0.15) is 6.61 Å². The second kappa shape index (κ2) is 6.24. The van der Waals surface area contributed by atoms with E-state index in [1.54, 1.807) is 12.1 Å². The minimum Gasteiger partial charge on any atom is -0.486 e. The maximum Gasteiger partial charge on any atom is 0.335 e. The Morgan fingerprint density at radius 1 is 1.35 bits per heavy atom. The minimum absolute atomic E-state index is 0.0113. The maximum atomic E-state index is 13.6. The van der Waals surface area contributed by atoms with Crippen molar-refractivity contribution in [3.8, 4) is 5.75 Å². The highest BCUT2D eigenvalue weighted by molar-refractivity contribution is 9.10. The second-order valence-corrected chi connectivity index (χ2v) is 5.21. The average Bonchev–Trinajstić information content (AvgIpc) is 2.41. The van der Waals surface area contributed by atoms with Crippen LogP contribution in [0.25, 0.3) is 0 Å². The molecule has 0 bridgehead atoms. The monoisotopic (exact) mass is 358 g/mol. The molecule has 3 nitrogen and oxygen atoms in total. The molecule has 0 radical (unpaired) electrons. The van der Waals surface area contributed by atoms with Gasteiger partial charge in [-0.2, -0.15) is 0 Å². The summed E-state index contributed by atoms with van der Waals surface area (Å²) in [5.41, 5.74) is 0.865. The number of carboxylic acids is 1. The highest BCUT2D eigenvalue weighted by Gasteiger charge is 2.10. The summed E-state index contributed by atoms with van der Waals surface area (Å²) in [4.78, 5) is 10.8. The van der Waals surface area contributed by atoms with Crippen molar-refractivity contribution in [1.82, 2.24) is 0 Å². The number of aromatic carboxylic acids is 1. The molecule has 0 fully saturated rings. The lowest BCUT2D eigenvalue weighted by atomic mass is 10.1. The summed E-state index contributed by atoms with van der Waals surface area (Å²) in [6, 6.07) is 9.02. The number of carbonyl (C=O) groups is 1. The zero-order valence-electron chi connectivity index (χ0n) is 10.1. The van der Waals surface area contributed by atoms with Crippen LogP contribution in [0, 0.1) is 5.82 Å². The topological polar surface area (TPSA) is 46.5 Å². The number of carboxylic acid groups (broad SMARTS) is 1. The number of hydrogen-bond acceptors (Lipinski definition) is 2. The van der Waals surface area contributed by atoms with Crippen LogP contribution in [0.2, 0.25) is 5.02 Å². The standard InChI is InChI=1S/C14H9BrClFO3/c15-10-6-8(14(18)19)4-5-9(10)7-20-12-3-1-2-11(16)13(12)17/h1-6H,7H2,(H,18,19). The molecule has 0 aliphatic heterocycles. The molecular weight excluding hydrogens is 351 g/mol. The summed E-state index contributed by atoms with van der Waals surface area (Å²) >= 11 is 8.91. The summed E-state index contributed by atoms with van der Waals surface area (Å²) in [6.07, 6.45) is 0. The molecule has 0 spiro atoms. The SMILES string of the molecule is O=C(O)c1ccc(COc2cccc(Cl)c2F)c(Br)c1. The van der Waals surface area contributed by atoms with Crippen LogP contribution >= 0.6 is 27.5 Å². The minimum atomic E-state index is -1.01. The summed E-state index contributed by atoms with van der Waals surface area (Å²) in [5.74, 6) is -1.58. The van der Waals surface area contributed by atoms with Gasteiger partial charge in [0, 0.05) is 10.0 Å². The Hall–Kier alpha value is -1.59. The Kier molecular flexibility index (Phi) is 4.62. The molecule has 6 heteroatoms. The van der Waals surface area contributed by atoms with Gasteiger partial charge in [0.25, 0.3) is 0 Å². The van der Waals surface area contributed by atoms with Crippen molar-refractivity contribution in [3.05, 3.63) is 62.8 Å². The molecule has 0 amide bonds. The van der Waals surface area contributed by atoms with Crippen LogP contribution < -0.4 is 4.74 Å². The van der Waals surface area contributed by atoms with Gasteiger partial charge in [-0.3, -0.25) is 0 Å². The van der Waals surface area contributed by atoms with E-state index in [1.807, 2.05) is 0 Å². The van der Waals surface area contributed by atoms with Crippen molar-refractivity contribution in [1.29, 1.82) is 0 Å². The van der Waals surface area contributed by atoms with Gasteiger partial charge in [0.2, 0.25) is 0 Å². The molecule has 0 saturated carbocycles. The van der Waals surface area contributed by atoms with Crippen LogP contribution in [-0.4, -0.2) is 11.1 Å². The van der Waals surface area contributed by atoms with Crippen molar-refractivity contribution in [2.75, 3.05) is 0 Å². The van der Waals surface area contributed by atoms with E-state index in [-0.39, 0.29) is 22.9 Å². The van der Waals surface area contributed by atoms with Crippen LogP contribution in [0.1, 0.15) is 15.9 Å². The van der Waals surface area contributed by atoms with Gasteiger partial charge in [-0.15, -0.1) is 0 Å². The molecule has 20 heavy (non-hydrogen) atoms. The van der Waals surface area contributed by atoms with Gasteiger partial charge < -0.3 is 9.84 Å². The largest absolute Gasteiger partial charge is 0.486 e. The van der Waals surface area contributed by atoms with Crippen LogP contribution in [-0.2, 0) is 6.61 Å². The number of halogens is 3. The molecular formula is C14H9BrClFO3. The average molecular weight is 360 g/mol.